The average Bonchev–Trinajstić information content (AvgIpc) is 3.12. The highest BCUT2D eigenvalue weighted by Crippen LogP contribution is 2.20. The van der Waals surface area contributed by atoms with E-state index in [-0.39, 0.29) is 5.91 Å². The van der Waals surface area contributed by atoms with E-state index in [0.717, 1.165) is 54.9 Å². The number of nitrogens with zero attached hydrogens (tertiary/aromatic N) is 1. The monoisotopic (exact) mass is 381 g/mol. The van der Waals surface area contributed by atoms with Crippen LogP contribution < -0.4 is 5.32 Å². The molecule has 4 nitrogen and oxygen atoms in total. The quantitative estimate of drug-likeness (QED) is 0.685. The summed E-state index contributed by atoms with van der Waals surface area (Å²) in [6, 6.07) is 17.9. The summed E-state index contributed by atoms with van der Waals surface area (Å²) in [5.41, 5.74) is 2.89. The van der Waals surface area contributed by atoms with Crippen LogP contribution in [-0.2, 0) is 6.54 Å². The van der Waals surface area contributed by atoms with Gasteiger partial charge in [-0.05, 0) is 61.7 Å². The molecular weight excluding hydrogens is 358 g/mol. The molecule has 1 fully saturated rings. The summed E-state index contributed by atoms with van der Waals surface area (Å²) in [5.74, 6) is 0.515. The largest absolute Gasteiger partial charge is 0.351 e. The summed E-state index contributed by atoms with van der Waals surface area (Å²) in [6.45, 7) is 3.78. The second kappa shape index (κ2) is 8.15. The van der Waals surface area contributed by atoms with E-state index in [9.17, 15) is 4.79 Å². The van der Waals surface area contributed by atoms with E-state index in [1.54, 1.807) is 0 Å². The molecule has 0 unspecified atom stereocenters. The van der Waals surface area contributed by atoms with Crippen LogP contribution in [0.15, 0.2) is 54.6 Å². The van der Waals surface area contributed by atoms with Gasteiger partial charge in [-0.2, -0.15) is 0 Å². The van der Waals surface area contributed by atoms with Gasteiger partial charge in [-0.15, -0.1) is 0 Å². The summed E-state index contributed by atoms with van der Waals surface area (Å²) < 4.78 is 0. The molecule has 0 bridgehead atoms. The molecule has 1 aliphatic rings. The Morgan fingerprint density at radius 2 is 1.93 bits per heavy atom. The van der Waals surface area contributed by atoms with Crippen molar-refractivity contribution < 1.29 is 4.79 Å². The smallest absolute Gasteiger partial charge is 0.267 e. The molecule has 1 saturated heterocycles. The predicted molar refractivity (Wildman–Crippen MR) is 110 cm³/mol. The third-order valence-electron chi connectivity index (χ3n) is 5.33. The number of fused-ring (bicyclic) bond motifs is 1. The fourth-order valence-electron chi connectivity index (χ4n) is 3.77. The van der Waals surface area contributed by atoms with E-state index in [4.69, 9.17) is 11.6 Å². The van der Waals surface area contributed by atoms with Crippen molar-refractivity contribution in [1.82, 2.24) is 15.2 Å². The van der Waals surface area contributed by atoms with Gasteiger partial charge in [0, 0.05) is 29.0 Å². The Balaban J connectivity index is 1.25. The lowest BCUT2D eigenvalue weighted by molar-refractivity contribution is 0.0931. The molecule has 1 aromatic heterocycles. The molecule has 1 aliphatic heterocycles. The number of piperidine rings is 1. The van der Waals surface area contributed by atoms with Crippen molar-refractivity contribution in [3.05, 3.63) is 70.9 Å². The molecule has 4 rings (SSSR count). The predicted octanol–water partition coefficient (Wildman–Crippen LogP) is 4.46. The molecule has 2 aromatic carbocycles. The fourth-order valence-corrected chi connectivity index (χ4v) is 3.98. The van der Waals surface area contributed by atoms with Crippen LogP contribution in [0.2, 0.25) is 5.02 Å². The molecule has 1 amide bonds. The highest BCUT2D eigenvalue weighted by molar-refractivity contribution is 6.30. The van der Waals surface area contributed by atoms with Crippen LogP contribution in [0.5, 0.6) is 0 Å². The minimum Gasteiger partial charge on any atom is -0.351 e. The van der Waals surface area contributed by atoms with E-state index in [0.29, 0.717) is 11.6 Å². The van der Waals surface area contributed by atoms with Crippen LogP contribution in [0, 0.1) is 5.92 Å². The summed E-state index contributed by atoms with van der Waals surface area (Å²) in [4.78, 5) is 18.1. The zero-order valence-electron chi connectivity index (χ0n) is 15.2. The molecule has 3 aromatic rings. The number of para-hydroxylation sites is 1. The van der Waals surface area contributed by atoms with Gasteiger partial charge >= 0.3 is 0 Å². The van der Waals surface area contributed by atoms with Gasteiger partial charge in [-0.3, -0.25) is 9.69 Å². The number of rotatable bonds is 5. The van der Waals surface area contributed by atoms with E-state index in [2.05, 4.69) is 21.3 Å². The topological polar surface area (TPSA) is 48.1 Å². The third-order valence-corrected chi connectivity index (χ3v) is 5.56. The van der Waals surface area contributed by atoms with Gasteiger partial charge in [0.25, 0.3) is 5.91 Å². The van der Waals surface area contributed by atoms with Gasteiger partial charge in [0.05, 0.1) is 0 Å². The molecule has 0 radical (unpaired) electrons. The van der Waals surface area contributed by atoms with Crippen molar-refractivity contribution in [3.8, 4) is 0 Å². The number of amides is 1. The van der Waals surface area contributed by atoms with Gasteiger partial charge < -0.3 is 10.3 Å². The summed E-state index contributed by atoms with van der Waals surface area (Å²) in [5, 5.41) is 4.96. The van der Waals surface area contributed by atoms with Crippen molar-refractivity contribution >= 4 is 28.4 Å². The Labute approximate surface area is 164 Å². The molecule has 2 heterocycles. The van der Waals surface area contributed by atoms with Crippen LogP contribution in [-0.4, -0.2) is 35.4 Å². The zero-order chi connectivity index (χ0) is 18.6. The SMILES string of the molecule is O=C(NCC1CCN(Cc2cccc(Cl)c2)CC1)c1cc2ccccc2[nH]1. The minimum atomic E-state index is -0.0208. The van der Waals surface area contributed by atoms with Gasteiger partial charge in [0.15, 0.2) is 0 Å². The van der Waals surface area contributed by atoms with Crippen LogP contribution >= 0.6 is 11.6 Å². The van der Waals surface area contributed by atoms with Crippen molar-refractivity contribution in [2.45, 2.75) is 19.4 Å². The molecular formula is C22H24ClN3O. The van der Waals surface area contributed by atoms with Crippen molar-refractivity contribution in [3.63, 3.8) is 0 Å². The number of halogens is 1. The Morgan fingerprint density at radius 3 is 2.70 bits per heavy atom. The van der Waals surface area contributed by atoms with Gasteiger partial charge in [-0.25, -0.2) is 0 Å². The van der Waals surface area contributed by atoms with E-state index >= 15 is 0 Å². The first-order chi connectivity index (χ1) is 13.2. The van der Waals surface area contributed by atoms with Crippen LogP contribution in [0.3, 0.4) is 0 Å². The first-order valence-electron chi connectivity index (χ1n) is 9.50. The summed E-state index contributed by atoms with van der Waals surface area (Å²) in [6.07, 6.45) is 2.21. The lowest BCUT2D eigenvalue weighted by Crippen LogP contribution is -2.38. The normalized spacial score (nSPS) is 15.9. The number of benzene rings is 2. The van der Waals surface area contributed by atoms with E-state index in [1.165, 1.54) is 5.56 Å². The second-order valence-electron chi connectivity index (χ2n) is 7.33. The lowest BCUT2D eigenvalue weighted by atomic mass is 9.96. The number of aromatic amines is 1. The van der Waals surface area contributed by atoms with Crippen LogP contribution in [0.1, 0.15) is 28.9 Å². The molecule has 140 valence electrons. The van der Waals surface area contributed by atoms with Crippen LogP contribution in [0.4, 0.5) is 0 Å². The number of nitrogens with one attached hydrogen (secondary N) is 2. The molecule has 0 saturated carbocycles. The maximum absolute atomic E-state index is 12.4. The minimum absolute atomic E-state index is 0.0208. The number of carbonyl (C=O) groups is 1. The Hall–Kier alpha value is -2.30. The number of carbonyl (C=O) groups excluding carboxylic acids is 1. The number of aromatic nitrogens is 1. The lowest BCUT2D eigenvalue weighted by Gasteiger charge is -2.32. The summed E-state index contributed by atoms with van der Waals surface area (Å²) >= 11 is 6.07. The third kappa shape index (κ3) is 4.52. The standard InChI is InChI=1S/C22H24ClN3O/c23-19-6-3-4-17(12-19)15-26-10-8-16(9-11-26)14-24-22(27)21-13-18-5-1-2-7-20(18)25-21/h1-7,12-13,16,25H,8-11,14-15H2,(H,24,27). The number of H-pyrrole nitrogens is 1. The molecule has 0 atom stereocenters. The first kappa shape index (κ1) is 18.1. The van der Waals surface area contributed by atoms with Gasteiger partial charge in [0.1, 0.15) is 5.69 Å². The highest BCUT2D eigenvalue weighted by atomic mass is 35.5. The maximum Gasteiger partial charge on any atom is 0.267 e. The fraction of sp³-hybridized carbons (Fsp3) is 0.318. The Kier molecular flexibility index (Phi) is 5.46. The Morgan fingerprint density at radius 1 is 1.11 bits per heavy atom. The second-order valence-corrected chi connectivity index (χ2v) is 7.77. The van der Waals surface area contributed by atoms with Crippen molar-refractivity contribution in [2.75, 3.05) is 19.6 Å². The molecule has 5 heteroatoms. The summed E-state index contributed by atoms with van der Waals surface area (Å²) in [7, 11) is 0. The molecule has 0 aliphatic carbocycles. The van der Waals surface area contributed by atoms with Gasteiger partial charge in [-0.1, -0.05) is 41.9 Å². The van der Waals surface area contributed by atoms with Crippen molar-refractivity contribution in [2.24, 2.45) is 5.92 Å². The van der Waals surface area contributed by atoms with E-state index < -0.39 is 0 Å². The number of hydrogen-bond acceptors (Lipinski definition) is 2. The number of hydrogen-bond donors (Lipinski definition) is 2. The van der Waals surface area contributed by atoms with Crippen molar-refractivity contribution in [1.29, 1.82) is 0 Å². The zero-order valence-corrected chi connectivity index (χ0v) is 16.0. The maximum atomic E-state index is 12.4. The highest BCUT2D eigenvalue weighted by Gasteiger charge is 2.20. The molecule has 0 spiro atoms. The van der Waals surface area contributed by atoms with Gasteiger partial charge in [0.2, 0.25) is 0 Å². The molecule has 27 heavy (non-hydrogen) atoms. The first-order valence-corrected chi connectivity index (χ1v) is 9.88. The molecule has 2 N–H and O–H groups in total. The van der Waals surface area contributed by atoms with E-state index in [1.807, 2.05) is 48.5 Å². The van der Waals surface area contributed by atoms with Crippen LogP contribution in [0.25, 0.3) is 10.9 Å². The number of likely N-dealkylation sites (tertiary alicyclic amines) is 1. The Bertz CT molecular complexity index is 895. The average molecular weight is 382 g/mol.